The zero-order valence-electron chi connectivity index (χ0n) is 32.0. The van der Waals surface area contributed by atoms with Crippen molar-refractivity contribution in [3.63, 3.8) is 0 Å². The van der Waals surface area contributed by atoms with Crippen LogP contribution in [0.15, 0.2) is 36.5 Å². The molecule has 0 heterocycles. The second-order valence-electron chi connectivity index (χ2n) is 13.6. The second-order valence-corrected chi connectivity index (χ2v) is 14.8. The minimum Gasteiger partial charge on any atom is -0.462 e. The monoisotopic (exact) mass is 727 g/mol. The molecule has 0 aliphatic rings. The molecule has 0 saturated heterocycles. The smallest absolute Gasteiger partial charge is 0.462 e. The van der Waals surface area contributed by atoms with E-state index in [9.17, 15) is 14.2 Å². The molecule has 0 fully saturated rings. The Kier molecular flexibility index (Phi) is 35.8. The van der Waals surface area contributed by atoms with Crippen LogP contribution in [0.3, 0.4) is 0 Å². The Bertz CT molecular complexity index is 910. The summed E-state index contributed by atoms with van der Waals surface area (Å²) in [6.45, 7) is 3.63. The summed E-state index contributed by atoms with van der Waals surface area (Å²) in [7, 11) is -4.76. The molecule has 0 aromatic heterocycles. The highest BCUT2D eigenvalue weighted by atomic mass is 31.2. The number of rotatable bonds is 37. The van der Waals surface area contributed by atoms with Crippen molar-refractivity contribution in [2.24, 2.45) is 0 Å². The molecule has 0 aliphatic carbocycles. The first-order chi connectivity index (χ1) is 24.3. The Balaban J connectivity index is 4.01. The van der Waals surface area contributed by atoms with E-state index in [1.165, 1.54) is 109 Å². The topological polar surface area (TPSA) is 119 Å². The number of hydrogen-bond donors (Lipinski definition) is 2. The molecule has 0 aromatic rings. The molecule has 1 atom stereocenters. The van der Waals surface area contributed by atoms with Crippen LogP contribution in [-0.4, -0.2) is 41.0 Å². The fourth-order valence-electron chi connectivity index (χ4n) is 5.58. The first kappa shape index (κ1) is 48.3. The minimum absolute atomic E-state index is 0.184. The molecule has 50 heavy (non-hydrogen) atoms. The van der Waals surface area contributed by atoms with Crippen LogP contribution < -0.4 is 0 Å². The van der Waals surface area contributed by atoms with Crippen molar-refractivity contribution in [1.82, 2.24) is 0 Å². The molecular formula is C41H75O8P. The lowest BCUT2D eigenvalue weighted by molar-refractivity contribution is -0.161. The first-order valence-corrected chi connectivity index (χ1v) is 21.8. The van der Waals surface area contributed by atoms with Crippen molar-refractivity contribution in [2.45, 2.75) is 200 Å². The molecule has 0 spiro atoms. The van der Waals surface area contributed by atoms with E-state index in [2.05, 4.69) is 54.8 Å². The molecule has 2 N–H and O–H groups in total. The van der Waals surface area contributed by atoms with Gasteiger partial charge in [0.15, 0.2) is 6.10 Å². The van der Waals surface area contributed by atoms with Crippen LogP contribution in [0.5, 0.6) is 0 Å². The highest BCUT2D eigenvalue weighted by Gasteiger charge is 2.22. The lowest BCUT2D eigenvalue weighted by Gasteiger charge is -2.18. The largest absolute Gasteiger partial charge is 0.469 e. The van der Waals surface area contributed by atoms with Gasteiger partial charge in [-0.3, -0.25) is 14.1 Å². The molecule has 0 radical (unpaired) electrons. The van der Waals surface area contributed by atoms with Gasteiger partial charge >= 0.3 is 19.8 Å². The zero-order valence-corrected chi connectivity index (χ0v) is 32.9. The molecule has 0 saturated carbocycles. The highest BCUT2D eigenvalue weighted by molar-refractivity contribution is 7.46. The van der Waals surface area contributed by atoms with Crippen molar-refractivity contribution in [3.05, 3.63) is 36.5 Å². The van der Waals surface area contributed by atoms with Gasteiger partial charge in [0.25, 0.3) is 0 Å². The number of hydrogen-bond acceptors (Lipinski definition) is 6. The van der Waals surface area contributed by atoms with Gasteiger partial charge in [0.1, 0.15) is 6.61 Å². The molecular weight excluding hydrogens is 651 g/mol. The molecule has 0 aromatic carbocycles. The predicted octanol–water partition coefficient (Wildman–Crippen LogP) is 12.2. The van der Waals surface area contributed by atoms with Crippen molar-refractivity contribution in [3.8, 4) is 0 Å². The van der Waals surface area contributed by atoms with Gasteiger partial charge in [-0.1, -0.05) is 153 Å². The van der Waals surface area contributed by atoms with E-state index in [-0.39, 0.29) is 19.4 Å². The minimum atomic E-state index is -4.76. The normalized spacial score (nSPS) is 12.8. The van der Waals surface area contributed by atoms with Crippen LogP contribution in [0, 0.1) is 0 Å². The maximum absolute atomic E-state index is 12.4. The van der Waals surface area contributed by atoms with Crippen LogP contribution in [-0.2, 0) is 28.2 Å². The number of phosphoric acid groups is 1. The molecule has 0 rings (SSSR count). The van der Waals surface area contributed by atoms with Crippen molar-refractivity contribution >= 4 is 19.8 Å². The van der Waals surface area contributed by atoms with E-state index in [1.807, 2.05) is 0 Å². The zero-order chi connectivity index (χ0) is 36.8. The molecule has 0 bridgehead atoms. The fourth-order valence-corrected chi connectivity index (χ4v) is 5.94. The molecule has 8 nitrogen and oxygen atoms in total. The molecule has 292 valence electrons. The Morgan fingerprint density at radius 3 is 1.40 bits per heavy atom. The summed E-state index contributed by atoms with van der Waals surface area (Å²) in [6.07, 6.45) is 43.0. The van der Waals surface area contributed by atoms with E-state index >= 15 is 0 Å². The highest BCUT2D eigenvalue weighted by Crippen LogP contribution is 2.36. The van der Waals surface area contributed by atoms with Gasteiger partial charge in [-0.2, -0.15) is 0 Å². The summed E-state index contributed by atoms with van der Waals surface area (Å²) in [5, 5.41) is 0. The van der Waals surface area contributed by atoms with Gasteiger partial charge in [-0.15, -0.1) is 0 Å². The number of ether oxygens (including phenoxy) is 2. The van der Waals surface area contributed by atoms with Gasteiger partial charge in [0, 0.05) is 12.8 Å². The molecule has 0 aliphatic heterocycles. The molecule has 0 unspecified atom stereocenters. The Morgan fingerprint density at radius 2 is 0.920 bits per heavy atom. The third-order valence-corrected chi connectivity index (χ3v) is 9.12. The van der Waals surface area contributed by atoms with E-state index in [0.717, 1.165) is 44.9 Å². The third-order valence-electron chi connectivity index (χ3n) is 8.63. The Hall–Kier alpha value is -1.73. The maximum Gasteiger partial charge on any atom is 0.469 e. The number of carbonyl (C=O) groups is 2. The lowest BCUT2D eigenvalue weighted by Crippen LogP contribution is -2.29. The lowest BCUT2D eigenvalue weighted by atomic mass is 10.1. The van der Waals surface area contributed by atoms with Crippen LogP contribution in [0.1, 0.15) is 194 Å². The van der Waals surface area contributed by atoms with Crippen LogP contribution in [0.2, 0.25) is 0 Å². The quantitative estimate of drug-likeness (QED) is 0.0281. The predicted molar refractivity (Wildman–Crippen MR) is 207 cm³/mol. The average Bonchev–Trinajstić information content (AvgIpc) is 3.08. The fraction of sp³-hybridized carbons (Fsp3) is 0.805. The first-order valence-electron chi connectivity index (χ1n) is 20.3. The Morgan fingerprint density at radius 1 is 0.520 bits per heavy atom. The van der Waals surface area contributed by atoms with Gasteiger partial charge in [0.2, 0.25) is 0 Å². The molecule has 0 amide bonds. The van der Waals surface area contributed by atoms with E-state index < -0.39 is 32.5 Å². The van der Waals surface area contributed by atoms with Crippen LogP contribution in [0.25, 0.3) is 0 Å². The van der Waals surface area contributed by atoms with Gasteiger partial charge in [-0.25, -0.2) is 4.57 Å². The van der Waals surface area contributed by atoms with E-state index in [0.29, 0.717) is 12.8 Å². The van der Waals surface area contributed by atoms with Crippen LogP contribution in [0.4, 0.5) is 0 Å². The van der Waals surface area contributed by atoms with Crippen LogP contribution >= 0.6 is 7.82 Å². The second kappa shape index (κ2) is 37.0. The van der Waals surface area contributed by atoms with Crippen molar-refractivity contribution < 1.29 is 37.9 Å². The standard InChI is InChI=1S/C41H75O8P/c1-3-5-7-9-11-13-15-17-19-20-22-23-25-27-29-31-33-35-40(42)47-37-39(38-48-50(44,45)46)49-41(43)36-34-32-30-28-26-24-21-18-16-14-12-10-8-6-4-2/h22-24,26-27,29,39H,3-21,25,28,30-38H2,1-2H3,(H2,44,45,46)/b23-22+,26-24+,29-27+/t39-/m1/s1. The van der Waals surface area contributed by atoms with Gasteiger partial charge in [0.05, 0.1) is 6.61 Å². The van der Waals surface area contributed by atoms with Crippen molar-refractivity contribution in [1.29, 1.82) is 0 Å². The van der Waals surface area contributed by atoms with Gasteiger partial charge < -0.3 is 19.3 Å². The van der Waals surface area contributed by atoms with Crippen molar-refractivity contribution in [2.75, 3.05) is 13.2 Å². The third kappa shape index (κ3) is 39.1. The number of phosphoric ester groups is 1. The number of unbranched alkanes of at least 4 members (excludes halogenated alkanes) is 21. The Labute approximate surface area is 306 Å². The molecule has 9 heteroatoms. The number of allylic oxidation sites excluding steroid dienone is 6. The number of esters is 2. The maximum atomic E-state index is 12.4. The average molecular weight is 727 g/mol. The summed E-state index contributed by atoms with van der Waals surface area (Å²) in [5.41, 5.74) is 0. The SMILES string of the molecule is CCCCCCCCCC/C=C/CCCCCC(=O)O[C@H](COC(=O)CCC/C=C/C/C=C/CCCCCCCCCCC)COP(=O)(O)O. The summed E-state index contributed by atoms with van der Waals surface area (Å²) in [4.78, 5) is 42.7. The van der Waals surface area contributed by atoms with E-state index in [4.69, 9.17) is 19.3 Å². The van der Waals surface area contributed by atoms with Gasteiger partial charge in [-0.05, 0) is 64.2 Å². The summed E-state index contributed by atoms with van der Waals surface area (Å²) in [6, 6.07) is 0. The number of carbonyl (C=O) groups excluding carboxylic acids is 2. The van der Waals surface area contributed by atoms with E-state index in [1.54, 1.807) is 0 Å². The summed E-state index contributed by atoms with van der Waals surface area (Å²) in [5.74, 6) is -0.954. The summed E-state index contributed by atoms with van der Waals surface area (Å²) >= 11 is 0. The summed E-state index contributed by atoms with van der Waals surface area (Å²) < 4.78 is 26.3.